The highest BCUT2D eigenvalue weighted by molar-refractivity contribution is 6.05. The predicted octanol–water partition coefficient (Wildman–Crippen LogP) is 1.05. The van der Waals surface area contributed by atoms with Gasteiger partial charge in [0.05, 0.1) is 17.7 Å². The molecule has 0 bridgehead atoms. The molecule has 0 spiro atoms. The Labute approximate surface area is 160 Å². The van der Waals surface area contributed by atoms with E-state index in [0.29, 0.717) is 25.9 Å². The van der Waals surface area contributed by atoms with Crippen molar-refractivity contribution in [3.8, 4) is 0 Å². The minimum absolute atomic E-state index is 0.0360. The Kier molecular flexibility index (Phi) is 5.27. The van der Waals surface area contributed by atoms with Gasteiger partial charge in [-0.1, -0.05) is 12.2 Å². The van der Waals surface area contributed by atoms with E-state index in [9.17, 15) is 14.4 Å². The molecule has 2 unspecified atom stereocenters. The number of hydrogen-bond donors (Lipinski definition) is 0. The monoisotopic (exact) mass is 372 g/mol. The van der Waals surface area contributed by atoms with E-state index in [2.05, 4.69) is 9.89 Å². The number of amidine groups is 1. The normalized spacial score (nSPS) is 28.4. The van der Waals surface area contributed by atoms with Crippen LogP contribution in [0.2, 0.25) is 0 Å². The van der Waals surface area contributed by atoms with Crippen LogP contribution in [0.4, 0.5) is 0 Å². The third-order valence-corrected chi connectivity index (χ3v) is 6.25. The molecule has 0 aromatic carbocycles. The average molecular weight is 372 g/mol. The summed E-state index contributed by atoms with van der Waals surface area (Å²) >= 11 is 0. The van der Waals surface area contributed by atoms with Crippen molar-refractivity contribution in [3.63, 3.8) is 0 Å². The minimum Gasteiger partial charge on any atom is -0.357 e. The predicted molar refractivity (Wildman–Crippen MR) is 101 cm³/mol. The second-order valence-electron chi connectivity index (χ2n) is 7.86. The lowest BCUT2D eigenvalue weighted by Crippen LogP contribution is -2.51. The first-order chi connectivity index (χ1) is 13.1. The summed E-state index contributed by atoms with van der Waals surface area (Å²) in [6.45, 7) is 4.16. The Hall–Kier alpha value is -2.18. The van der Waals surface area contributed by atoms with Crippen LogP contribution in [0.25, 0.3) is 0 Å². The molecule has 3 amide bonds. The Morgan fingerprint density at radius 2 is 1.67 bits per heavy atom. The molecular weight excluding hydrogens is 344 g/mol. The molecular formula is C20H28N4O3. The molecule has 2 saturated heterocycles. The van der Waals surface area contributed by atoms with E-state index < -0.39 is 0 Å². The van der Waals surface area contributed by atoms with Crippen LogP contribution in [-0.2, 0) is 14.4 Å². The maximum absolute atomic E-state index is 12.6. The summed E-state index contributed by atoms with van der Waals surface area (Å²) in [6.07, 6.45) is 8.90. The zero-order valence-corrected chi connectivity index (χ0v) is 15.8. The van der Waals surface area contributed by atoms with Crippen LogP contribution in [0.1, 0.15) is 38.5 Å². The summed E-state index contributed by atoms with van der Waals surface area (Å²) in [6, 6.07) is 0. The number of nitrogens with zero attached hydrogens (tertiary/aromatic N) is 4. The van der Waals surface area contributed by atoms with Gasteiger partial charge in [-0.05, 0) is 25.7 Å². The maximum Gasteiger partial charge on any atom is 0.233 e. The maximum atomic E-state index is 12.6. The molecule has 1 aliphatic carbocycles. The molecule has 2 atom stereocenters. The van der Waals surface area contributed by atoms with E-state index >= 15 is 0 Å². The zero-order chi connectivity index (χ0) is 18.8. The van der Waals surface area contributed by atoms with Crippen molar-refractivity contribution in [3.05, 3.63) is 12.2 Å². The van der Waals surface area contributed by atoms with Gasteiger partial charge in [-0.2, -0.15) is 0 Å². The van der Waals surface area contributed by atoms with Gasteiger partial charge in [-0.15, -0.1) is 0 Å². The number of piperazine rings is 1. The van der Waals surface area contributed by atoms with Crippen molar-refractivity contribution in [1.82, 2.24) is 14.7 Å². The third kappa shape index (κ3) is 3.64. The molecule has 2 fully saturated rings. The number of imide groups is 1. The molecule has 0 saturated carbocycles. The molecule has 0 aromatic rings. The van der Waals surface area contributed by atoms with E-state index in [0.717, 1.165) is 26.1 Å². The molecule has 27 heavy (non-hydrogen) atoms. The van der Waals surface area contributed by atoms with Gasteiger partial charge in [0.25, 0.3) is 0 Å². The highest BCUT2D eigenvalue weighted by atomic mass is 16.2. The quantitative estimate of drug-likeness (QED) is 0.548. The van der Waals surface area contributed by atoms with Crippen molar-refractivity contribution < 1.29 is 14.4 Å². The molecule has 4 aliphatic rings. The average Bonchev–Trinajstić information content (AvgIpc) is 2.97. The number of likely N-dealkylation sites (tertiary alicyclic amines) is 1. The molecule has 7 nitrogen and oxygen atoms in total. The lowest BCUT2D eigenvalue weighted by atomic mass is 9.85. The molecule has 3 aliphatic heterocycles. The van der Waals surface area contributed by atoms with E-state index in [1.807, 2.05) is 17.1 Å². The molecule has 0 N–H and O–H groups in total. The smallest absolute Gasteiger partial charge is 0.233 e. The first kappa shape index (κ1) is 18.2. The summed E-state index contributed by atoms with van der Waals surface area (Å²) in [5.74, 6) is 0.617. The van der Waals surface area contributed by atoms with Crippen molar-refractivity contribution >= 4 is 23.6 Å². The van der Waals surface area contributed by atoms with Crippen LogP contribution in [0.15, 0.2) is 17.1 Å². The summed E-state index contributed by atoms with van der Waals surface area (Å²) in [5.41, 5.74) is 0. The number of allylic oxidation sites excluding steroid dienone is 2. The van der Waals surface area contributed by atoms with E-state index in [-0.39, 0.29) is 42.5 Å². The molecule has 4 rings (SSSR count). The number of aliphatic imine (C=N–C) groups is 1. The second-order valence-corrected chi connectivity index (χ2v) is 7.86. The summed E-state index contributed by atoms with van der Waals surface area (Å²) in [5, 5.41) is 0. The minimum atomic E-state index is -0.211. The van der Waals surface area contributed by atoms with E-state index in [4.69, 9.17) is 0 Å². The fraction of sp³-hybridized carbons (Fsp3) is 0.700. The lowest BCUT2D eigenvalue weighted by Gasteiger charge is -2.37. The highest BCUT2D eigenvalue weighted by Gasteiger charge is 2.47. The fourth-order valence-electron chi connectivity index (χ4n) is 4.61. The first-order valence-corrected chi connectivity index (χ1v) is 10.2. The van der Waals surface area contributed by atoms with Crippen molar-refractivity contribution in [1.29, 1.82) is 0 Å². The van der Waals surface area contributed by atoms with Gasteiger partial charge in [-0.25, -0.2) is 0 Å². The van der Waals surface area contributed by atoms with Gasteiger partial charge in [0.2, 0.25) is 17.7 Å². The van der Waals surface area contributed by atoms with Crippen LogP contribution in [-0.4, -0.2) is 77.5 Å². The van der Waals surface area contributed by atoms with Gasteiger partial charge in [0.15, 0.2) is 0 Å². The Bertz CT molecular complexity index is 653. The standard InChI is InChI=1S/C20H28N4O3/c25-18(23-13-11-22(12-14-23)17-7-3-4-9-21-17)8-10-24-19(26)15-5-1-2-6-16(15)20(24)27/h1-2,15-16H,3-14H2. The Morgan fingerprint density at radius 3 is 2.26 bits per heavy atom. The van der Waals surface area contributed by atoms with Crippen molar-refractivity contribution in [2.24, 2.45) is 16.8 Å². The number of fused-ring (bicyclic) bond motifs is 1. The van der Waals surface area contributed by atoms with Crippen LogP contribution in [0.5, 0.6) is 0 Å². The number of amides is 3. The number of carbonyl (C=O) groups is 3. The van der Waals surface area contributed by atoms with Crippen LogP contribution < -0.4 is 0 Å². The number of hydrogen-bond acceptors (Lipinski definition) is 5. The fourth-order valence-corrected chi connectivity index (χ4v) is 4.61. The summed E-state index contributed by atoms with van der Waals surface area (Å²) in [4.78, 5) is 47.7. The molecule has 0 aromatic heterocycles. The zero-order valence-electron chi connectivity index (χ0n) is 15.8. The topological polar surface area (TPSA) is 73.3 Å². The summed E-state index contributed by atoms with van der Waals surface area (Å²) < 4.78 is 0. The Balaban J connectivity index is 1.26. The SMILES string of the molecule is O=C(CCN1C(=O)C2CC=CCC2C1=O)N1CCN(C2=NCCCC2)CC1. The lowest BCUT2D eigenvalue weighted by molar-refractivity contribution is -0.141. The third-order valence-electron chi connectivity index (χ3n) is 6.25. The Morgan fingerprint density at radius 1 is 1.00 bits per heavy atom. The van der Waals surface area contributed by atoms with Crippen molar-refractivity contribution in [2.75, 3.05) is 39.3 Å². The van der Waals surface area contributed by atoms with E-state index in [1.165, 1.54) is 23.6 Å². The van der Waals surface area contributed by atoms with Gasteiger partial charge in [-0.3, -0.25) is 24.3 Å². The summed E-state index contributed by atoms with van der Waals surface area (Å²) in [7, 11) is 0. The van der Waals surface area contributed by atoms with Crippen LogP contribution in [0.3, 0.4) is 0 Å². The highest BCUT2D eigenvalue weighted by Crippen LogP contribution is 2.35. The van der Waals surface area contributed by atoms with Gasteiger partial charge in [0.1, 0.15) is 0 Å². The number of rotatable bonds is 3. The van der Waals surface area contributed by atoms with Gasteiger partial charge < -0.3 is 9.80 Å². The largest absolute Gasteiger partial charge is 0.357 e. The molecule has 146 valence electrons. The molecule has 3 heterocycles. The van der Waals surface area contributed by atoms with E-state index in [1.54, 1.807) is 0 Å². The number of carbonyl (C=O) groups excluding carboxylic acids is 3. The van der Waals surface area contributed by atoms with Crippen LogP contribution in [0, 0.1) is 11.8 Å². The molecule has 0 radical (unpaired) electrons. The van der Waals surface area contributed by atoms with Gasteiger partial charge >= 0.3 is 0 Å². The van der Waals surface area contributed by atoms with Crippen LogP contribution >= 0.6 is 0 Å². The second kappa shape index (κ2) is 7.82. The molecule has 7 heteroatoms. The first-order valence-electron chi connectivity index (χ1n) is 10.2. The van der Waals surface area contributed by atoms with Crippen molar-refractivity contribution in [2.45, 2.75) is 38.5 Å². The van der Waals surface area contributed by atoms with Gasteiger partial charge in [0, 0.05) is 52.1 Å².